The van der Waals surface area contributed by atoms with Gasteiger partial charge in [-0.1, -0.05) is 25.7 Å². The number of rotatable bonds is 5. The van der Waals surface area contributed by atoms with E-state index in [9.17, 15) is 4.79 Å². The summed E-state index contributed by atoms with van der Waals surface area (Å²) < 4.78 is 0. The quantitative estimate of drug-likeness (QED) is 0.282. The van der Waals surface area contributed by atoms with E-state index in [0.29, 0.717) is 25.1 Å². The molecule has 1 fully saturated rings. The van der Waals surface area contributed by atoms with Crippen molar-refractivity contribution in [1.82, 2.24) is 10.6 Å². The van der Waals surface area contributed by atoms with Crippen LogP contribution < -0.4 is 16.4 Å². The molecule has 0 spiro atoms. The molecule has 0 bridgehead atoms. The fourth-order valence-electron chi connectivity index (χ4n) is 2.43. The molecule has 0 aromatic carbocycles. The Balaban J connectivity index is 0.00000400. The van der Waals surface area contributed by atoms with E-state index in [-0.39, 0.29) is 29.9 Å². The molecule has 6 heteroatoms. The van der Waals surface area contributed by atoms with Gasteiger partial charge in [0.25, 0.3) is 0 Å². The number of nitrogens with two attached hydrogens (primary N) is 1. The molecule has 0 heterocycles. The predicted octanol–water partition coefficient (Wildman–Crippen LogP) is 2.39. The van der Waals surface area contributed by atoms with Gasteiger partial charge in [0.1, 0.15) is 0 Å². The van der Waals surface area contributed by atoms with Gasteiger partial charge in [0.05, 0.1) is 12.0 Å². The summed E-state index contributed by atoms with van der Waals surface area (Å²) in [5.74, 6) is 0.486. The molecule has 1 aliphatic rings. The molecule has 21 heavy (non-hydrogen) atoms. The van der Waals surface area contributed by atoms with E-state index < -0.39 is 5.41 Å². The predicted molar refractivity (Wildman–Crippen MR) is 99.0 cm³/mol. The summed E-state index contributed by atoms with van der Waals surface area (Å²) in [6.45, 7) is 6.74. The standard InChI is InChI=1S/C15H30N4O.HI/c1-4-17-13(20)15(2,3)11-18-14(16)19-12-9-7-5-6-8-10-12;/h12H,4-11H2,1-3H3,(H,17,20)(H3,16,18,19);1H. The second-order valence-corrected chi connectivity index (χ2v) is 6.28. The van der Waals surface area contributed by atoms with Crippen LogP contribution in [0.4, 0.5) is 0 Å². The second kappa shape index (κ2) is 10.2. The average Bonchev–Trinajstić information content (AvgIpc) is 2.65. The molecule has 1 rings (SSSR count). The van der Waals surface area contributed by atoms with Crippen molar-refractivity contribution >= 4 is 35.8 Å². The molecule has 1 aliphatic carbocycles. The van der Waals surface area contributed by atoms with Gasteiger partial charge in [-0.05, 0) is 33.6 Å². The van der Waals surface area contributed by atoms with Crippen molar-refractivity contribution in [2.75, 3.05) is 13.1 Å². The molecule has 1 saturated carbocycles. The number of carbonyl (C=O) groups is 1. The first-order valence-electron chi connectivity index (χ1n) is 7.80. The molecule has 0 aromatic rings. The van der Waals surface area contributed by atoms with E-state index in [1.54, 1.807) is 0 Å². The van der Waals surface area contributed by atoms with E-state index in [1.165, 1.54) is 25.7 Å². The van der Waals surface area contributed by atoms with Crippen LogP contribution in [0.1, 0.15) is 59.3 Å². The Morgan fingerprint density at radius 3 is 2.33 bits per heavy atom. The van der Waals surface area contributed by atoms with Crippen molar-refractivity contribution in [1.29, 1.82) is 0 Å². The summed E-state index contributed by atoms with van der Waals surface area (Å²) >= 11 is 0. The third kappa shape index (κ3) is 7.87. The van der Waals surface area contributed by atoms with Crippen LogP contribution in [0, 0.1) is 5.41 Å². The summed E-state index contributed by atoms with van der Waals surface area (Å²) in [6, 6.07) is 0.439. The summed E-state index contributed by atoms with van der Waals surface area (Å²) in [6.07, 6.45) is 7.48. The van der Waals surface area contributed by atoms with E-state index in [0.717, 1.165) is 12.8 Å². The van der Waals surface area contributed by atoms with Gasteiger partial charge in [-0.15, -0.1) is 24.0 Å². The third-order valence-electron chi connectivity index (χ3n) is 3.80. The third-order valence-corrected chi connectivity index (χ3v) is 3.80. The number of hydrogen-bond acceptors (Lipinski definition) is 2. The van der Waals surface area contributed by atoms with Crippen molar-refractivity contribution in [3.8, 4) is 0 Å². The molecule has 5 nitrogen and oxygen atoms in total. The molecule has 1 amide bonds. The van der Waals surface area contributed by atoms with Crippen LogP contribution in [0.25, 0.3) is 0 Å². The maximum absolute atomic E-state index is 11.9. The highest BCUT2D eigenvalue weighted by Gasteiger charge is 2.26. The Morgan fingerprint density at radius 1 is 1.24 bits per heavy atom. The minimum Gasteiger partial charge on any atom is -0.370 e. The molecule has 0 unspecified atom stereocenters. The van der Waals surface area contributed by atoms with Gasteiger partial charge in [0, 0.05) is 12.6 Å². The maximum Gasteiger partial charge on any atom is 0.227 e. The van der Waals surface area contributed by atoms with Gasteiger partial charge < -0.3 is 16.4 Å². The molecular weight excluding hydrogens is 379 g/mol. The first-order chi connectivity index (χ1) is 9.45. The minimum absolute atomic E-state index is 0. The van der Waals surface area contributed by atoms with Crippen molar-refractivity contribution < 1.29 is 4.79 Å². The van der Waals surface area contributed by atoms with Crippen LogP contribution in [0.3, 0.4) is 0 Å². The molecule has 0 saturated heterocycles. The monoisotopic (exact) mass is 410 g/mol. The van der Waals surface area contributed by atoms with E-state index in [4.69, 9.17) is 5.73 Å². The number of aliphatic imine (C=N–C) groups is 1. The lowest BCUT2D eigenvalue weighted by Gasteiger charge is -2.22. The highest BCUT2D eigenvalue weighted by molar-refractivity contribution is 14.0. The Morgan fingerprint density at radius 2 is 1.81 bits per heavy atom. The SMILES string of the molecule is CCNC(=O)C(C)(C)CN=C(N)NC1CCCCCC1.I. The number of hydrogen-bond donors (Lipinski definition) is 3. The van der Waals surface area contributed by atoms with Gasteiger partial charge >= 0.3 is 0 Å². The molecule has 4 N–H and O–H groups in total. The lowest BCUT2D eigenvalue weighted by atomic mass is 9.92. The summed E-state index contributed by atoms with van der Waals surface area (Å²) in [5.41, 5.74) is 5.42. The number of guanidine groups is 1. The topological polar surface area (TPSA) is 79.5 Å². The fraction of sp³-hybridized carbons (Fsp3) is 0.867. The van der Waals surface area contributed by atoms with Crippen LogP contribution in [0.15, 0.2) is 4.99 Å². The maximum atomic E-state index is 11.9. The average molecular weight is 410 g/mol. The zero-order valence-corrected chi connectivity index (χ0v) is 15.9. The smallest absolute Gasteiger partial charge is 0.227 e. The Labute approximate surface area is 145 Å². The summed E-state index contributed by atoms with van der Waals surface area (Å²) in [7, 11) is 0. The van der Waals surface area contributed by atoms with Crippen LogP contribution in [-0.4, -0.2) is 31.0 Å². The van der Waals surface area contributed by atoms with Crippen molar-refractivity contribution in [2.45, 2.75) is 65.3 Å². The van der Waals surface area contributed by atoms with Gasteiger partial charge in [-0.3, -0.25) is 9.79 Å². The van der Waals surface area contributed by atoms with Crippen LogP contribution in [-0.2, 0) is 4.79 Å². The Hall–Kier alpha value is -0.530. The first kappa shape index (κ1) is 20.5. The lowest BCUT2D eigenvalue weighted by Crippen LogP contribution is -2.42. The number of carbonyl (C=O) groups excluding carboxylic acids is 1. The molecule has 124 valence electrons. The van der Waals surface area contributed by atoms with E-state index >= 15 is 0 Å². The zero-order valence-electron chi connectivity index (χ0n) is 13.6. The van der Waals surface area contributed by atoms with Crippen molar-refractivity contribution in [2.24, 2.45) is 16.1 Å². The molecule has 0 atom stereocenters. The fourth-order valence-corrected chi connectivity index (χ4v) is 2.43. The van der Waals surface area contributed by atoms with E-state index in [2.05, 4.69) is 15.6 Å². The molecular formula is C15H31IN4O. The zero-order chi connectivity index (χ0) is 15.0. The first-order valence-corrected chi connectivity index (χ1v) is 7.80. The number of amides is 1. The van der Waals surface area contributed by atoms with Gasteiger partial charge in [0.2, 0.25) is 5.91 Å². The van der Waals surface area contributed by atoms with Crippen LogP contribution in [0.2, 0.25) is 0 Å². The highest BCUT2D eigenvalue weighted by atomic mass is 127. The minimum atomic E-state index is -0.522. The number of halogens is 1. The molecule has 0 aliphatic heterocycles. The normalized spacial score (nSPS) is 17.6. The number of nitrogens with one attached hydrogen (secondary N) is 2. The molecule has 0 radical (unpaired) electrons. The number of nitrogens with zero attached hydrogens (tertiary/aromatic N) is 1. The summed E-state index contributed by atoms with van der Waals surface area (Å²) in [4.78, 5) is 16.2. The summed E-state index contributed by atoms with van der Waals surface area (Å²) in [5, 5.41) is 6.13. The van der Waals surface area contributed by atoms with E-state index in [1.807, 2.05) is 20.8 Å². The molecule has 0 aromatic heterocycles. The highest BCUT2D eigenvalue weighted by Crippen LogP contribution is 2.17. The Bertz CT molecular complexity index is 337. The Kier molecular flexibility index (Phi) is 9.98. The van der Waals surface area contributed by atoms with Gasteiger partial charge in [-0.2, -0.15) is 0 Å². The van der Waals surface area contributed by atoms with Gasteiger partial charge in [0.15, 0.2) is 5.96 Å². The van der Waals surface area contributed by atoms with Crippen molar-refractivity contribution in [3.05, 3.63) is 0 Å². The van der Waals surface area contributed by atoms with Crippen LogP contribution >= 0.6 is 24.0 Å². The lowest BCUT2D eigenvalue weighted by molar-refractivity contribution is -0.128. The van der Waals surface area contributed by atoms with Gasteiger partial charge in [-0.25, -0.2) is 0 Å². The second-order valence-electron chi connectivity index (χ2n) is 6.28. The largest absolute Gasteiger partial charge is 0.370 e. The van der Waals surface area contributed by atoms with Crippen molar-refractivity contribution in [3.63, 3.8) is 0 Å². The van der Waals surface area contributed by atoms with Crippen LogP contribution in [0.5, 0.6) is 0 Å².